The zero-order valence-electron chi connectivity index (χ0n) is 19.8. The standard InChI is InChI=1S/C30H26FN3O2/c31-24-12-3-5-14-26(24)34-20-22(19-29(34)35)30-32-25-13-4-6-15-27(25)33(30)17-8-18-36-28-16-7-10-21-9-1-2-11-23(21)28/h1-7,9-16,22H,8,17-20H2. The Kier molecular flexibility index (Phi) is 5.85. The topological polar surface area (TPSA) is 47.4 Å². The lowest BCUT2D eigenvalue weighted by Gasteiger charge is -2.18. The van der Waals surface area contributed by atoms with Gasteiger partial charge >= 0.3 is 0 Å². The van der Waals surface area contributed by atoms with E-state index < -0.39 is 0 Å². The number of carbonyl (C=O) groups excluding carboxylic acids is 1. The molecule has 1 saturated heterocycles. The number of hydrogen-bond donors (Lipinski definition) is 0. The zero-order valence-corrected chi connectivity index (χ0v) is 19.8. The molecule has 0 aliphatic carbocycles. The largest absolute Gasteiger partial charge is 0.493 e. The van der Waals surface area contributed by atoms with Gasteiger partial charge in [-0.3, -0.25) is 4.79 Å². The molecule has 0 bridgehead atoms. The highest BCUT2D eigenvalue weighted by molar-refractivity contribution is 5.96. The summed E-state index contributed by atoms with van der Waals surface area (Å²) in [5.41, 5.74) is 2.27. The number of para-hydroxylation sites is 3. The number of hydrogen-bond acceptors (Lipinski definition) is 3. The number of rotatable bonds is 7. The van der Waals surface area contributed by atoms with Crippen molar-refractivity contribution in [2.24, 2.45) is 0 Å². The van der Waals surface area contributed by atoms with Crippen LogP contribution >= 0.6 is 0 Å². The van der Waals surface area contributed by atoms with Gasteiger partial charge in [0, 0.05) is 30.8 Å². The molecule has 5 nitrogen and oxygen atoms in total. The molecular weight excluding hydrogens is 453 g/mol. The third-order valence-corrected chi connectivity index (χ3v) is 6.85. The van der Waals surface area contributed by atoms with Gasteiger partial charge in [0.05, 0.1) is 23.3 Å². The van der Waals surface area contributed by atoms with Gasteiger partial charge in [-0.15, -0.1) is 0 Å². The fourth-order valence-electron chi connectivity index (χ4n) is 5.15. The number of carbonyl (C=O) groups is 1. The van der Waals surface area contributed by atoms with E-state index in [0.29, 0.717) is 31.8 Å². The zero-order chi connectivity index (χ0) is 24.5. The van der Waals surface area contributed by atoms with E-state index in [4.69, 9.17) is 9.72 Å². The maximum Gasteiger partial charge on any atom is 0.227 e. The van der Waals surface area contributed by atoms with Crippen LogP contribution in [0.1, 0.15) is 24.6 Å². The molecule has 0 radical (unpaired) electrons. The van der Waals surface area contributed by atoms with E-state index in [-0.39, 0.29) is 17.6 Å². The predicted octanol–water partition coefficient (Wildman–Crippen LogP) is 6.32. The van der Waals surface area contributed by atoms with E-state index in [2.05, 4.69) is 28.8 Å². The summed E-state index contributed by atoms with van der Waals surface area (Å²) in [6.07, 6.45) is 1.10. The molecule has 2 heterocycles. The van der Waals surface area contributed by atoms with Gasteiger partial charge in [-0.05, 0) is 42.1 Å². The lowest BCUT2D eigenvalue weighted by molar-refractivity contribution is -0.117. The fraction of sp³-hybridized carbons (Fsp3) is 0.200. The Morgan fingerprint density at radius 3 is 2.61 bits per heavy atom. The van der Waals surface area contributed by atoms with Crippen molar-refractivity contribution in [1.29, 1.82) is 0 Å². The molecule has 6 heteroatoms. The minimum Gasteiger partial charge on any atom is -0.493 e. The number of nitrogens with zero attached hydrogens (tertiary/aromatic N) is 3. The minimum absolute atomic E-state index is 0.0806. The Morgan fingerprint density at radius 1 is 0.917 bits per heavy atom. The highest BCUT2D eigenvalue weighted by Gasteiger charge is 2.35. The average Bonchev–Trinajstić information content (AvgIpc) is 3.47. The lowest BCUT2D eigenvalue weighted by Crippen LogP contribution is -2.25. The van der Waals surface area contributed by atoms with Crippen LogP contribution in [-0.4, -0.2) is 28.6 Å². The van der Waals surface area contributed by atoms with Gasteiger partial charge in [-0.2, -0.15) is 0 Å². The lowest BCUT2D eigenvalue weighted by atomic mass is 10.1. The molecule has 1 unspecified atom stereocenters. The smallest absolute Gasteiger partial charge is 0.227 e. The van der Waals surface area contributed by atoms with Gasteiger partial charge in [-0.1, -0.05) is 60.7 Å². The molecule has 1 aliphatic heterocycles. The fourth-order valence-corrected chi connectivity index (χ4v) is 5.15. The number of aromatic nitrogens is 2. The first-order valence-corrected chi connectivity index (χ1v) is 12.3. The molecule has 4 aromatic carbocycles. The van der Waals surface area contributed by atoms with Crippen molar-refractivity contribution in [3.05, 3.63) is 103 Å². The highest BCUT2D eigenvalue weighted by atomic mass is 19.1. The first-order valence-electron chi connectivity index (χ1n) is 12.3. The maximum absolute atomic E-state index is 14.4. The number of anilines is 1. The molecule has 1 fully saturated rings. The summed E-state index contributed by atoms with van der Waals surface area (Å²) in [7, 11) is 0. The summed E-state index contributed by atoms with van der Waals surface area (Å²) in [6, 6.07) is 28.8. The summed E-state index contributed by atoms with van der Waals surface area (Å²) < 4.78 is 22.8. The van der Waals surface area contributed by atoms with Crippen molar-refractivity contribution in [3.8, 4) is 5.75 Å². The van der Waals surface area contributed by atoms with Crippen molar-refractivity contribution in [1.82, 2.24) is 9.55 Å². The average molecular weight is 480 g/mol. The van der Waals surface area contributed by atoms with Gasteiger partial charge < -0.3 is 14.2 Å². The first-order chi connectivity index (χ1) is 17.7. The summed E-state index contributed by atoms with van der Waals surface area (Å²) >= 11 is 0. The molecule has 0 saturated carbocycles. The summed E-state index contributed by atoms with van der Waals surface area (Å²) in [5.74, 6) is 1.18. The maximum atomic E-state index is 14.4. The van der Waals surface area contributed by atoms with Gasteiger partial charge in [0.1, 0.15) is 17.4 Å². The van der Waals surface area contributed by atoms with E-state index >= 15 is 0 Å². The van der Waals surface area contributed by atoms with Crippen LogP contribution in [0.5, 0.6) is 5.75 Å². The second-order valence-electron chi connectivity index (χ2n) is 9.15. The van der Waals surface area contributed by atoms with Crippen molar-refractivity contribution in [2.45, 2.75) is 25.3 Å². The van der Waals surface area contributed by atoms with Crippen molar-refractivity contribution in [3.63, 3.8) is 0 Å². The van der Waals surface area contributed by atoms with E-state index in [1.54, 1.807) is 23.1 Å². The van der Waals surface area contributed by atoms with Gasteiger partial charge in [-0.25, -0.2) is 9.37 Å². The van der Waals surface area contributed by atoms with Crippen LogP contribution in [0.2, 0.25) is 0 Å². The summed E-state index contributed by atoms with van der Waals surface area (Å²) in [6.45, 7) is 1.69. The van der Waals surface area contributed by atoms with Gasteiger partial charge in [0.25, 0.3) is 0 Å². The van der Waals surface area contributed by atoms with Crippen molar-refractivity contribution >= 4 is 33.4 Å². The number of fused-ring (bicyclic) bond motifs is 2. The van der Waals surface area contributed by atoms with E-state index in [0.717, 1.165) is 39.8 Å². The van der Waals surface area contributed by atoms with E-state index in [9.17, 15) is 9.18 Å². The minimum atomic E-state index is -0.384. The Hall–Kier alpha value is -4.19. The summed E-state index contributed by atoms with van der Waals surface area (Å²) in [4.78, 5) is 19.3. The van der Waals surface area contributed by atoms with E-state index in [1.807, 2.05) is 42.5 Å². The monoisotopic (exact) mass is 479 g/mol. The SMILES string of the molecule is O=C1CC(c2nc3ccccc3n2CCCOc2cccc3ccccc23)CN1c1ccccc1F. The summed E-state index contributed by atoms with van der Waals surface area (Å²) in [5, 5.41) is 2.26. The van der Waals surface area contributed by atoms with Crippen molar-refractivity contribution < 1.29 is 13.9 Å². The van der Waals surface area contributed by atoms with Crippen molar-refractivity contribution in [2.75, 3.05) is 18.1 Å². The molecule has 5 aromatic rings. The number of benzene rings is 4. The van der Waals surface area contributed by atoms with Crippen LogP contribution in [0.15, 0.2) is 91.0 Å². The first kappa shape index (κ1) is 22.3. The Bertz CT molecular complexity index is 1560. The van der Waals surface area contributed by atoms with Gasteiger partial charge in [0.15, 0.2) is 0 Å². The number of aryl methyl sites for hydroxylation is 1. The van der Waals surface area contributed by atoms with E-state index in [1.165, 1.54) is 6.07 Å². The third-order valence-electron chi connectivity index (χ3n) is 6.85. The normalized spacial score (nSPS) is 15.8. The Labute approximate surface area is 208 Å². The highest BCUT2D eigenvalue weighted by Crippen LogP contribution is 2.34. The van der Waals surface area contributed by atoms with Crippen LogP contribution in [-0.2, 0) is 11.3 Å². The molecule has 1 aromatic heterocycles. The Balaban J connectivity index is 1.22. The van der Waals surface area contributed by atoms with Crippen LogP contribution in [0.4, 0.5) is 10.1 Å². The number of halogens is 1. The molecule has 1 amide bonds. The molecule has 180 valence electrons. The van der Waals surface area contributed by atoms with Gasteiger partial charge in [0.2, 0.25) is 5.91 Å². The van der Waals surface area contributed by atoms with Crippen LogP contribution in [0, 0.1) is 5.82 Å². The Morgan fingerprint density at radius 2 is 1.69 bits per heavy atom. The number of amides is 1. The van der Waals surface area contributed by atoms with Crippen LogP contribution < -0.4 is 9.64 Å². The molecule has 6 rings (SSSR count). The molecule has 0 N–H and O–H groups in total. The molecular formula is C30H26FN3O2. The van der Waals surface area contributed by atoms with Crippen LogP contribution in [0.3, 0.4) is 0 Å². The molecule has 1 atom stereocenters. The molecule has 36 heavy (non-hydrogen) atoms. The van der Waals surface area contributed by atoms with Crippen LogP contribution in [0.25, 0.3) is 21.8 Å². The number of ether oxygens (including phenoxy) is 1. The molecule has 0 spiro atoms. The second-order valence-corrected chi connectivity index (χ2v) is 9.15. The predicted molar refractivity (Wildman–Crippen MR) is 140 cm³/mol. The third kappa shape index (κ3) is 4.09. The second kappa shape index (κ2) is 9.46. The molecule has 1 aliphatic rings. The number of imidazole rings is 1. The quantitative estimate of drug-likeness (QED) is 0.257.